The number of hydrogen-bond acceptors (Lipinski definition) is 5. The minimum Gasteiger partial charge on any atom is -0.326 e. The molecular weight excluding hydrogens is 500 g/mol. The summed E-state index contributed by atoms with van der Waals surface area (Å²) in [5, 5.41) is 7.24. The maximum atomic E-state index is 12.9. The van der Waals surface area contributed by atoms with E-state index in [0.29, 0.717) is 35.8 Å². The first-order chi connectivity index (χ1) is 19.4. The largest absolute Gasteiger partial charge is 0.326 e. The van der Waals surface area contributed by atoms with Gasteiger partial charge in [-0.3, -0.25) is 19.2 Å². The molecule has 1 fully saturated rings. The van der Waals surface area contributed by atoms with Crippen molar-refractivity contribution in [1.82, 2.24) is 24.6 Å². The predicted molar refractivity (Wildman–Crippen MR) is 160 cm³/mol. The van der Waals surface area contributed by atoms with Gasteiger partial charge in [-0.2, -0.15) is 5.10 Å². The maximum Gasteiger partial charge on any atom is 0.258 e. The van der Waals surface area contributed by atoms with Gasteiger partial charge in [-0.25, -0.2) is 0 Å². The van der Waals surface area contributed by atoms with Gasteiger partial charge in [0.2, 0.25) is 0 Å². The molecule has 1 aliphatic heterocycles. The molecule has 206 valence electrons. The molecule has 1 saturated heterocycles. The van der Waals surface area contributed by atoms with Crippen molar-refractivity contribution < 1.29 is 6.22 Å². The summed E-state index contributed by atoms with van der Waals surface area (Å²) in [7, 11) is 2.19. The number of H-pyrrole nitrogens is 1. The molecule has 1 unspecified atom stereocenters. The van der Waals surface area contributed by atoms with Crippen LogP contribution >= 0.6 is 0 Å². The Morgan fingerprint density at radius 2 is 1.95 bits per heavy atom. The van der Waals surface area contributed by atoms with E-state index >= 15 is 0 Å². The smallest absolute Gasteiger partial charge is 0.258 e. The van der Waals surface area contributed by atoms with Crippen molar-refractivity contribution in [3.05, 3.63) is 117 Å². The zero-order valence-corrected chi connectivity index (χ0v) is 22.9. The number of rotatable bonds is 7. The molecule has 1 amide bonds. The molecule has 8 nitrogen and oxygen atoms in total. The Morgan fingerprint density at radius 3 is 2.77 bits per heavy atom. The van der Waals surface area contributed by atoms with Crippen LogP contribution in [-0.4, -0.2) is 63.2 Å². The number of pyridine rings is 1. The van der Waals surface area contributed by atoms with Gasteiger partial charge >= 0.3 is 0 Å². The van der Waals surface area contributed by atoms with E-state index < -0.39 is 0 Å². The standard InChI is InChI=1S/C32H34N6O2.H2/c1-22-18-37(11-10-36(22)2)19-24-8-9-25-13-27(14-26(25)12-24)30-15-29(17-33-32(30)40)35-31(39)28-16-34-38(21-28)20-23-6-4-3-5-7-23;/h3-9,12,14-17,21-22H,10-11,13,18-20H2,1-2H3,(H,33,40)(H,35,39);1H. The molecule has 6 rings (SSSR count). The van der Waals surface area contributed by atoms with Crippen LogP contribution in [0.2, 0.25) is 0 Å². The van der Waals surface area contributed by atoms with Crippen molar-refractivity contribution in [3.8, 4) is 0 Å². The first-order valence-electron chi connectivity index (χ1n) is 13.8. The summed E-state index contributed by atoms with van der Waals surface area (Å²) >= 11 is 0. The van der Waals surface area contributed by atoms with Crippen LogP contribution in [0.15, 0.2) is 78.0 Å². The van der Waals surface area contributed by atoms with E-state index in [1.807, 2.05) is 30.3 Å². The monoisotopic (exact) mass is 536 g/mol. The Bertz CT molecular complexity index is 1630. The highest BCUT2D eigenvalue weighted by Crippen LogP contribution is 2.32. The fourth-order valence-electron chi connectivity index (χ4n) is 5.52. The quantitative estimate of drug-likeness (QED) is 0.367. The molecule has 0 radical (unpaired) electrons. The number of amides is 1. The number of carbonyl (C=O) groups excluding carboxylic acids is 1. The van der Waals surface area contributed by atoms with Gasteiger partial charge in [0.25, 0.3) is 11.5 Å². The molecule has 40 heavy (non-hydrogen) atoms. The molecule has 3 heterocycles. The van der Waals surface area contributed by atoms with Crippen molar-refractivity contribution in [1.29, 1.82) is 0 Å². The van der Waals surface area contributed by atoms with E-state index in [2.05, 4.69) is 63.4 Å². The van der Waals surface area contributed by atoms with Crippen LogP contribution in [0.3, 0.4) is 0 Å². The molecule has 4 aromatic rings. The van der Waals surface area contributed by atoms with E-state index in [1.165, 1.54) is 17.3 Å². The van der Waals surface area contributed by atoms with Crippen molar-refractivity contribution in [2.45, 2.75) is 32.5 Å². The molecule has 2 aliphatic rings. The second-order valence-corrected chi connectivity index (χ2v) is 10.9. The molecule has 2 aromatic heterocycles. The number of hydrogen-bond donors (Lipinski definition) is 2. The van der Waals surface area contributed by atoms with Gasteiger partial charge in [0.1, 0.15) is 0 Å². The average Bonchev–Trinajstić information content (AvgIpc) is 3.59. The minimum absolute atomic E-state index is 0. The zero-order chi connectivity index (χ0) is 27.6. The Balaban J connectivity index is 0.00000337. The van der Waals surface area contributed by atoms with Gasteiger partial charge in [0.05, 0.1) is 24.0 Å². The van der Waals surface area contributed by atoms with Gasteiger partial charge in [0.15, 0.2) is 0 Å². The minimum atomic E-state index is -0.274. The zero-order valence-electron chi connectivity index (χ0n) is 22.9. The fraction of sp³-hybridized carbons (Fsp3) is 0.281. The van der Waals surface area contributed by atoms with Crippen LogP contribution in [0.1, 0.15) is 46.5 Å². The molecule has 2 N–H and O–H groups in total. The number of piperazine rings is 1. The molecule has 0 saturated carbocycles. The number of benzene rings is 2. The third kappa shape index (κ3) is 5.68. The lowest BCUT2D eigenvalue weighted by atomic mass is 10.0. The predicted octanol–water partition coefficient (Wildman–Crippen LogP) is 4.35. The lowest BCUT2D eigenvalue weighted by molar-refractivity contribution is 0.1000. The van der Waals surface area contributed by atoms with E-state index in [4.69, 9.17) is 0 Å². The number of nitrogens with zero attached hydrogens (tertiary/aromatic N) is 4. The number of fused-ring (bicyclic) bond motifs is 1. The van der Waals surface area contributed by atoms with Crippen molar-refractivity contribution >= 4 is 23.2 Å². The molecule has 0 spiro atoms. The molecular formula is C32H36N6O2. The first kappa shape index (κ1) is 26.0. The summed E-state index contributed by atoms with van der Waals surface area (Å²) in [5.74, 6) is -0.274. The second kappa shape index (κ2) is 11.1. The van der Waals surface area contributed by atoms with Gasteiger partial charge in [0, 0.05) is 51.6 Å². The van der Waals surface area contributed by atoms with Crippen molar-refractivity contribution in [3.63, 3.8) is 0 Å². The fourth-order valence-corrected chi connectivity index (χ4v) is 5.52. The SMILES string of the molecule is CC1CN(Cc2ccc3c(c2)C=C(c2cc(NC(=O)c4cnn(Cc5ccccc5)c4)c[nH]c2=O)C3)CCN1C.[HH]. The molecule has 2 aromatic carbocycles. The van der Waals surface area contributed by atoms with Crippen LogP contribution < -0.4 is 10.9 Å². The number of carbonyl (C=O) groups is 1. The Morgan fingerprint density at radius 1 is 1.10 bits per heavy atom. The number of anilines is 1. The van der Waals surface area contributed by atoms with Crippen LogP contribution in [0.25, 0.3) is 11.6 Å². The lowest BCUT2D eigenvalue weighted by Crippen LogP contribution is -2.49. The van der Waals surface area contributed by atoms with Gasteiger partial charge in [-0.15, -0.1) is 0 Å². The van der Waals surface area contributed by atoms with Crippen LogP contribution in [-0.2, 0) is 19.5 Å². The van der Waals surface area contributed by atoms with E-state index in [0.717, 1.165) is 42.9 Å². The highest BCUT2D eigenvalue weighted by atomic mass is 16.1. The van der Waals surface area contributed by atoms with E-state index in [-0.39, 0.29) is 12.9 Å². The van der Waals surface area contributed by atoms with Crippen LogP contribution in [0, 0.1) is 0 Å². The normalized spacial score (nSPS) is 17.4. The first-order valence-corrected chi connectivity index (χ1v) is 13.8. The average molecular weight is 537 g/mol. The molecule has 1 aliphatic carbocycles. The van der Waals surface area contributed by atoms with Gasteiger partial charge < -0.3 is 15.2 Å². The summed E-state index contributed by atoms with van der Waals surface area (Å²) in [6.07, 6.45) is 7.62. The summed E-state index contributed by atoms with van der Waals surface area (Å²) in [4.78, 5) is 33.4. The number of aromatic nitrogens is 3. The number of allylic oxidation sites excluding steroid dienone is 1. The molecule has 0 bridgehead atoms. The summed E-state index contributed by atoms with van der Waals surface area (Å²) in [5.41, 5.74) is 7.12. The highest BCUT2D eigenvalue weighted by molar-refractivity contribution is 6.04. The van der Waals surface area contributed by atoms with Crippen molar-refractivity contribution in [2.24, 2.45) is 0 Å². The second-order valence-electron chi connectivity index (χ2n) is 10.9. The number of aromatic amines is 1. The van der Waals surface area contributed by atoms with Crippen LogP contribution in [0.4, 0.5) is 5.69 Å². The molecule has 1 atom stereocenters. The topological polar surface area (TPSA) is 86.3 Å². The third-order valence-electron chi connectivity index (χ3n) is 7.96. The number of nitrogens with one attached hydrogen (secondary N) is 2. The summed E-state index contributed by atoms with van der Waals surface area (Å²) in [6.45, 7) is 7.01. The molecule has 8 heteroatoms. The third-order valence-corrected chi connectivity index (χ3v) is 7.96. The highest BCUT2D eigenvalue weighted by Gasteiger charge is 2.22. The Kier molecular flexibility index (Phi) is 7.19. The summed E-state index contributed by atoms with van der Waals surface area (Å²) < 4.78 is 1.74. The van der Waals surface area contributed by atoms with Gasteiger partial charge in [-0.1, -0.05) is 54.6 Å². The maximum absolute atomic E-state index is 12.9. The van der Waals surface area contributed by atoms with E-state index in [9.17, 15) is 9.59 Å². The summed E-state index contributed by atoms with van der Waals surface area (Å²) in [6, 6.07) is 18.9. The van der Waals surface area contributed by atoms with E-state index in [1.54, 1.807) is 23.1 Å². The lowest BCUT2D eigenvalue weighted by Gasteiger charge is -2.37. The van der Waals surface area contributed by atoms with Gasteiger partial charge in [-0.05, 0) is 54.3 Å². The Labute approximate surface area is 235 Å². The number of likely N-dealkylation sites (N-methyl/N-ethyl adjacent to an activating group) is 1. The van der Waals surface area contributed by atoms with Crippen LogP contribution in [0.5, 0.6) is 0 Å². The van der Waals surface area contributed by atoms with Crippen molar-refractivity contribution in [2.75, 3.05) is 32.0 Å². The Hall–Kier alpha value is -4.27.